The van der Waals surface area contributed by atoms with E-state index in [1.54, 1.807) is 24.9 Å². The van der Waals surface area contributed by atoms with Crippen molar-refractivity contribution in [2.45, 2.75) is 63.5 Å². The third-order valence-corrected chi connectivity index (χ3v) is 8.43. The number of ether oxygens (including phenoxy) is 1. The molecule has 1 aromatic carbocycles. The van der Waals surface area contributed by atoms with Gasteiger partial charge in [0.05, 0.1) is 13.2 Å². The Bertz CT molecular complexity index is 978. The molecule has 0 unspecified atom stereocenters. The normalized spacial score (nSPS) is 23.5. The fourth-order valence-corrected chi connectivity index (χ4v) is 6.12. The molecule has 3 rings (SSSR count). The molecule has 0 bridgehead atoms. The summed E-state index contributed by atoms with van der Waals surface area (Å²) < 4.78 is 34.8. The van der Waals surface area contributed by atoms with Crippen LogP contribution in [0.3, 0.4) is 0 Å². The molecule has 0 fully saturated rings. The standard InChI is InChI=1S/C24H37N3O5S/c1-5-12-25-24(29)26(4)15-22-17(2)14-27(18(3)16-28)33(30,31)23-11-10-20(13-21(23)32-22)19-8-6-7-9-19/h8,10-11,13,17-18,22,28H,5-7,9,12,14-16H2,1-4H3,(H,25,29)/t17-,18+,22+/m0/s1. The second-order valence-corrected chi connectivity index (χ2v) is 11.0. The number of hydrogen-bond acceptors (Lipinski definition) is 5. The molecule has 2 N–H and O–H groups in total. The van der Waals surface area contributed by atoms with Crippen LogP contribution in [-0.4, -0.2) is 74.2 Å². The van der Waals surface area contributed by atoms with Crippen LogP contribution >= 0.6 is 0 Å². The van der Waals surface area contributed by atoms with Gasteiger partial charge in [-0.2, -0.15) is 4.31 Å². The van der Waals surface area contributed by atoms with Crippen LogP contribution in [0.1, 0.15) is 52.0 Å². The van der Waals surface area contributed by atoms with Gasteiger partial charge in [-0.15, -0.1) is 0 Å². The quantitative estimate of drug-likeness (QED) is 0.626. The molecular weight excluding hydrogens is 442 g/mol. The van der Waals surface area contributed by atoms with Gasteiger partial charge in [0.25, 0.3) is 0 Å². The number of aliphatic hydroxyl groups is 1. The number of likely N-dealkylation sites (N-methyl/N-ethyl adjacent to an activating group) is 1. The van der Waals surface area contributed by atoms with E-state index in [4.69, 9.17) is 4.74 Å². The summed E-state index contributed by atoms with van der Waals surface area (Å²) in [5.74, 6) is 0.0899. The van der Waals surface area contributed by atoms with Gasteiger partial charge < -0.3 is 20.1 Å². The van der Waals surface area contributed by atoms with Crippen molar-refractivity contribution >= 4 is 21.6 Å². The SMILES string of the molecule is CCCNC(=O)N(C)C[C@H]1Oc2cc(C3=CCCC3)ccc2S(=O)(=O)N([C@H](C)CO)C[C@@H]1C. The fraction of sp³-hybridized carbons (Fsp3) is 0.625. The van der Waals surface area contributed by atoms with Crippen molar-refractivity contribution in [2.24, 2.45) is 5.92 Å². The Kier molecular flexibility index (Phi) is 8.42. The Labute approximate surface area is 197 Å². The first-order chi connectivity index (χ1) is 15.7. The highest BCUT2D eigenvalue weighted by Crippen LogP contribution is 2.37. The second-order valence-electron chi connectivity index (χ2n) is 9.14. The highest BCUT2D eigenvalue weighted by molar-refractivity contribution is 7.89. The lowest BCUT2D eigenvalue weighted by molar-refractivity contribution is 0.0812. The molecule has 1 heterocycles. The molecule has 184 valence electrons. The maximum atomic E-state index is 13.6. The summed E-state index contributed by atoms with van der Waals surface area (Å²) in [6, 6.07) is 4.50. The van der Waals surface area contributed by atoms with Crippen molar-refractivity contribution in [3.8, 4) is 5.75 Å². The minimum Gasteiger partial charge on any atom is -0.487 e. The van der Waals surface area contributed by atoms with Crippen LogP contribution in [0.2, 0.25) is 0 Å². The number of nitrogens with zero attached hydrogens (tertiary/aromatic N) is 2. The van der Waals surface area contributed by atoms with Gasteiger partial charge in [-0.1, -0.05) is 26.0 Å². The van der Waals surface area contributed by atoms with Gasteiger partial charge in [0.2, 0.25) is 10.0 Å². The van der Waals surface area contributed by atoms with Crippen molar-refractivity contribution in [1.82, 2.24) is 14.5 Å². The average Bonchev–Trinajstić information content (AvgIpc) is 3.33. The molecular formula is C24H37N3O5S. The first-order valence-electron chi connectivity index (χ1n) is 11.8. The molecule has 1 aliphatic heterocycles. The van der Waals surface area contributed by atoms with E-state index in [1.807, 2.05) is 26.0 Å². The lowest BCUT2D eigenvalue weighted by Crippen LogP contribution is -2.51. The lowest BCUT2D eigenvalue weighted by Gasteiger charge is -2.37. The number of sulfonamides is 1. The van der Waals surface area contributed by atoms with Crippen LogP contribution in [-0.2, 0) is 10.0 Å². The second kappa shape index (κ2) is 10.9. The van der Waals surface area contributed by atoms with Gasteiger partial charge in [0, 0.05) is 32.1 Å². The molecule has 0 spiro atoms. The van der Waals surface area contributed by atoms with Crippen molar-refractivity contribution in [3.05, 3.63) is 29.8 Å². The maximum absolute atomic E-state index is 13.6. The smallest absolute Gasteiger partial charge is 0.317 e. The Hall–Kier alpha value is -2.10. The monoisotopic (exact) mass is 479 g/mol. The first-order valence-corrected chi connectivity index (χ1v) is 13.2. The number of amides is 2. The molecule has 33 heavy (non-hydrogen) atoms. The Morgan fingerprint density at radius 1 is 1.39 bits per heavy atom. The molecule has 0 radical (unpaired) electrons. The van der Waals surface area contributed by atoms with Gasteiger partial charge in [-0.25, -0.2) is 13.2 Å². The fourth-order valence-electron chi connectivity index (χ4n) is 4.30. The molecule has 1 aromatic rings. The number of carbonyl (C=O) groups excluding carboxylic acids is 1. The number of hydrogen-bond donors (Lipinski definition) is 2. The van der Waals surface area contributed by atoms with Crippen LogP contribution in [0.4, 0.5) is 4.79 Å². The number of benzene rings is 1. The molecule has 1 aliphatic carbocycles. The summed E-state index contributed by atoms with van der Waals surface area (Å²) >= 11 is 0. The third kappa shape index (κ3) is 5.70. The summed E-state index contributed by atoms with van der Waals surface area (Å²) in [5.41, 5.74) is 2.16. The van der Waals surface area contributed by atoms with Crippen molar-refractivity contribution in [2.75, 3.05) is 33.3 Å². The van der Waals surface area contributed by atoms with E-state index in [1.165, 1.54) is 9.88 Å². The number of fused-ring (bicyclic) bond motifs is 1. The van der Waals surface area contributed by atoms with Crippen LogP contribution in [0.5, 0.6) is 5.75 Å². The number of nitrogens with one attached hydrogen (secondary N) is 1. The van der Waals surface area contributed by atoms with Gasteiger partial charge >= 0.3 is 6.03 Å². The van der Waals surface area contributed by atoms with Gasteiger partial charge in [-0.05, 0) is 55.9 Å². The minimum atomic E-state index is -3.87. The van der Waals surface area contributed by atoms with E-state index in [0.717, 1.165) is 31.2 Å². The highest BCUT2D eigenvalue weighted by atomic mass is 32.2. The summed E-state index contributed by atoms with van der Waals surface area (Å²) in [4.78, 5) is 14.1. The van der Waals surface area contributed by atoms with E-state index in [2.05, 4.69) is 11.4 Å². The number of allylic oxidation sites excluding steroid dienone is 2. The largest absolute Gasteiger partial charge is 0.487 e. The summed E-state index contributed by atoms with van der Waals surface area (Å²) in [6.45, 7) is 6.41. The molecule has 9 heteroatoms. The summed E-state index contributed by atoms with van der Waals surface area (Å²) in [5, 5.41) is 12.6. The predicted octanol–water partition coefficient (Wildman–Crippen LogP) is 3.07. The molecule has 8 nitrogen and oxygen atoms in total. The minimum absolute atomic E-state index is 0.0973. The van der Waals surface area contributed by atoms with Crippen LogP contribution in [0, 0.1) is 5.92 Å². The molecule has 0 aromatic heterocycles. The van der Waals surface area contributed by atoms with E-state index in [9.17, 15) is 18.3 Å². The van der Waals surface area contributed by atoms with Crippen molar-refractivity contribution in [3.63, 3.8) is 0 Å². The van der Waals surface area contributed by atoms with Crippen LogP contribution in [0.25, 0.3) is 5.57 Å². The Balaban J connectivity index is 2.00. The summed E-state index contributed by atoms with van der Waals surface area (Å²) in [7, 11) is -2.16. The lowest BCUT2D eigenvalue weighted by atomic mass is 10.0. The van der Waals surface area contributed by atoms with Crippen LogP contribution in [0.15, 0.2) is 29.2 Å². The molecule has 2 aliphatic rings. The first kappa shape index (κ1) is 25.5. The number of rotatable bonds is 7. The zero-order valence-electron chi connectivity index (χ0n) is 20.1. The zero-order valence-corrected chi connectivity index (χ0v) is 20.9. The number of carbonyl (C=O) groups is 1. The topological polar surface area (TPSA) is 99.2 Å². The zero-order chi connectivity index (χ0) is 24.2. The molecule has 0 saturated carbocycles. The highest BCUT2D eigenvalue weighted by Gasteiger charge is 2.38. The van der Waals surface area contributed by atoms with Crippen molar-refractivity contribution in [1.29, 1.82) is 0 Å². The Morgan fingerprint density at radius 3 is 2.79 bits per heavy atom. The van der Waals surface area contributed by atoms with E-state index in [-0.39, 0.29) is 30.0 Å². The van der Waals surface area contributed by atoms with Crippen LogP contribution < -0.4 is 10.1 Å². The molecule has 2 amide bonds. The van der Waals surface area contributed by atoms with E-state index in [0.29, 0.717) is 18.8 Å². The van der Waals surface area contributed by atoms with Crippen molar-refractivity contribution < 1.29 is 23.1 Å². The van der Waals surface area contributed by atoms with E-state index >= 15 is 0 Å². The third-order valence-electron chi connectivity index (χ3n) is 6.41. The Morgan fingerprint density at radius 2 is 2.15 bits per heavy atom. The predicted molar refractivity (Wildman–Crippen MR) is 129 cm³/mol. The molecule has 0 saturated heterocycles. The van der Waals surface area contributed by atoms with Gasteiger partial charge in [0.1, 0.15) is 16.7 Å². The average molecular weight is 480 g/mol. The molecule has 3 atom stereocenters. The van der Waals surface area contributed by atoms with E-state index < -0.39 is 22.2 Å². The number of urea groups is 1. The summed E-state index contributed by atoms with van der Waals surface area (Å²) in [6.07, 6.45) is 5.67. The number of aliphatic hydroxyl groups excluding tert-OH is 1. The maximum Gasteiger partial charge on any atom is 0.317 e. The van der Waals surface area contributed by atoms with Gasteiger partial charge in [-0.3, -0.25) is 0 Å². The van der Waals surface area contributed by atoms with Gasteiger partial charge in [0.15, 0.2) is 0 Å².